The largest absolute Gasteiger partial charge is 0.356 e. The summed E-state index contributed by atoms with van der Waals surface area (Å²) in [6.07, 6.45) is 4.08. The zero-order chi connectivity index (χ0) is 15.1. The first-order chi connectivity index (χ1) is 8.58. The smallest absolute Gasteiger partial charge is 0.223 e. The highest BCUT2D eigenvalue weighted by molar-refractivity contribution is 5.79. The van der Waals surface area contributed by atoms with Gasteiger partial charge in [0, 0.05) is 12.5 Å². The summed E-state index contributed by atoms with van der Waals surface area (Å²) in [6.45, 7) is 14.5. The maximum atomic E-state index is 12.4. The molecule has 19 heavy (non-hydrogen) atoms. The van der Waals surface area contributed by atoms with Crippen molar-refractivity contribution in [2.24, 2.45) is 22.5 Å². The molecule has 0 fully saturated rings. The fourth-order valence-corrected chi connectivity index (χ4v) is 2.19. The molecule has 1 unspecified atom stereocenters. The molecule has 0 rings (SSSR count). The van der Waals surface area contributed by atoms with Crippen molar-refractivity contribution in [1.82, 2.24) is 5.32 Å². The van der Waals surface area contributed by atoms with Crippen molar-refractivity contribution in [3.63, 3.8) is 0 Å². The Balaban J connectivity index is 4.33. The Kier molecular flexibility index (Phi) is 7.65. The van der Waals surface area contributed by atoms with Crippen molar-refractivity contribution in [1.29, 1.82) is 0 Å². The van der Waals surface area contributed by atoms with Crippen LogP contribution in [0.3, 0.4) is 0 Å². The first-order valence-electron chi connectivity index (χ1n) is 7.56. The first kappa shape index (κ1) is 18.4. The molecule has 0 spiro atoms. The van der Waals surface area contributed by atoms with Crippen LogP contribution in [0.4, 0.5) is 0 Å². The Hall–Kier alpha value is -0.570. The van der Waals surface area contributed by atoms with Gasteiger partial charge in [-0.1, -0.05) is 48.0 Å². The minimum absolute atomic E-state index is 0.00855. The molecule has 0 aromatic heterocycles. The molecule has 0 saturated carbocycles. The Labute approximate surface area is 119 Å². The molecular formula is C16H34N2O. The van der Waals surface area contributed by atoms with Crippen LogP contribution in [-0.2, 0) is 4.79 Å². The monoisotopic (exact) mass is 270 g/mol. The van der Waals surface area contributed by atoms with Crippen molar-refractivity contribution in [2.45, 2.75) is 67.2 Å². The molecule has 0 bridgehead atoms. The molecule has 1 amide bonds. The van der Waals surface area contributed by atoms with Crippen LogP contribution in [0, 0.1) is 16.7 Å². The molecule has 0 aromatic rings. The maximum absolute atomic E-state index is 12.4. The van der Waals surface area contributed by atoms with Crippen LogP contribution in [0.15, 0.2) is 0 Å². The molecule has 3 N–H and O–H groups in total. The van der Waals surface area contributed by atoms with E-state index in [-0.39, 0.29) is 22.7 Å². The number of hydrogen-bond acceptors (Lipinski definition) is 2. The fourth-order valence-electron chi connectivity index (χ4n) is 2.19. The molecule has 1 atom stereocenters. The summed E-state index contributed by atoms with van der Waals surface area (Å²) in [6, 6.07) is 0. The second-order valence-electron chi connectivity index (χ2n) is 7.82. The van der Waals surface area contributed by atoms with Crippen LogP contribution >= 0.6 is 0 Å². The average molecular weight is 270 g/mol. The lowest BCUT2D eigenvalue weighted by molar-refractivity contribution is -0.129. The van der Waals surface area contributed by atoms with Crippen molar-refractivity contribution in [3.8, 4) is 0 Å². The Morgan fingerprint density at radius 3 is 2.05 bits per heavy atom. The minimum atomic E-state index is 0.00855. The van der Waals surface area contributed by atoms with Gasteiger partial charge in [0.25, 0.3) is 0 Å². The second-order valence-corrected chi connectivity index (χ2v) is 7.82. The number of unbranched alkanes of at least 4 members (excludes halogenated alkanes) is 2. The lowest BCUT2D eigenvalue weighted by Gasteiger charge is -2.34. The minimum Gasteiger partial charge on any atom is -0.356 e. The number of nitrogens with one attached hydrogen (secondary N) is 1. The molecule has 0 saturated heterocycles. The van der Waals surface area contributed by atoms with E-state index in [1.807, 2.05) is 0 Å². The van der Waals surface area contributed by atoms with Gasteiger partial charge in [-0.2, -0.15) is 0 Å². The van der Waals surface area contributed by atoms with Gasteiger partial charge in [0.2, 0.25) is 5.91 Å². The van der Waals surface area contributed by atoms with E-state index in [1.165, 1.54) is 0 Å². The summed E-state index contributed by atoms with van der Waals surface area (Å²) >= 11 is 0. The summed E-state index contributed by atoms with van der Waals surface area (Å²) in [7, 11) is 0. The molecule has 3 nitrogen and oxygen atoms in total. The number of nitrogens with two attached hydrogens (primary N) is 1. The number of hydrogen-bond donors (Lipinski definition) is 2. The normalized spacial score (nSPS) is 14.3. The van der Waals surface area contributed by atoms with Crippen LogP contribution in [0.2, 0.25) is 0 Å². The molecule has 0 aromatic carbocycles. The van der Waals surface area contributed by atoms with E-state index < -0.39 is 0 Å². The summed E-state index contributed by atoms with van der Waals surface area (Å²) < 4.78 is 0. The third-order valence-corrected chi connectivity index (χ3v) is 3.36. The van der Waals surface area contributed by atoms with Gasteiger partial charge < -0.3 is 11.1 Å². The van der Waals surface area contributed by atoms with Gasteiger partial charge in [0.05, 0.1) is 0 Å². The van der Waals surface area contributed by atoms with Crippen LogP contribution in [0.1, 0.15) is 67.2 Å². The quantitative estimate of drug-likeness (QED) is 0.697. The zero-order valence-electron chi connectivity index (χ0n) is 13.8. The van der Waals surface area contributed by atoms with E-state index in [1.54, 1.807) is 0 Å². The Bertz CT molecular complexity index is 261. The molecule has 114 valence electrons. The van der Waals surface area contributed by atoms with Crippen molar-refractivity contribution in [2.75, 3.05) is 13.1 Å². The lowest BCUT2D eigenvalue weighted by atomic mass is 9.71. The second kappa shape index (κ2) is 7.88. The Morgan fingerprint density at radius 2 is 1.63 bits per heavy atom. The summed E-state index contributed by atoms with van der Waals surface area (Å²) in [5.41, 5.74) is 5.64. The topological polar surface area (TPSA) is 55.1 Å². The summed E-state index contributed by atoms with van der Waals surface area (Å²) in [5, 5.41) is 3.09. The van der Waals surface area contributed by atoms with Crippen LogP contribution < -0.4 is 11.1 Å². The van der Waals surface area contributed by atoms with E-state index in [2.05, 4.69) is 46.9 Å². The average Bonchev–Trinajstić information content (AvgIpc) is 2.22. The van der Waals surface area contributed by atoms with Gasteiger partial charge in [0.15, 0.2) is 0 Å². The maximum Gasteiger partial charge on any atom is 0.223 e. The van der Waals surface area contributed by atoms with E-state index >= 15 is 0 Å². The number of amides is 1. The van der Waals surface area contributed by atoms with Crippen LogP contribution in [0.25, 0.3) is 0 Å². The molecule has 0 heterocycles. The van der Waals surface area contributed by atoms with Gasteiger partial charge in [-0.05, 0) is 36.6 Å². The molecule has 0 radical (unpaired) electrons. The fraction of sp³-hybridized carbons (Fsp3) is 0.938. The molecule has 0 aliphatic carbocycles. The summed E-state index contributed by atoms with van der Waals surface area (Å²) in [5.74, 6) is 0.275. The number of carbonyl (C=O) groups excluding carboxylic acids is 1. The van der Waals surface area contributed by atoms with Crippen molar-refractivity contribution in [3.05, 3.63) is 0 Å². The number of rotatable bonds is 7. The molecule has 3 heteroatoms. The summed E-state index contributed by atoms with van der Waals surface area (Å²) in [4.78, 5) is 12.4. The Morgan fingerprint density at radius 1 is 1.05 bits per heavy atom. The molecular weight excluding hydrogens is 236 g/mol. The van der Waals surface area contributed by atoms with E-state index in [0.29, 0.717) is 0 Å². The van der Waals surface area contributed by atoms with E-state index in [9.17, 15) is 4.79 Å². The van der Waals surface area contributed by atoms with E-state index in [0.717, 1.165) is 38.8 Å². The van der Waals surface area contributed by atoms with Gasteiger partial charge in [-0.3, -0.25) is 4.79 Å². The third-order valence-electron chi connectivity index (χ3n) is 3.36. The molecule has 0 aliphatic rings. The van der Waals surface area contributed by atoms with Gasteiger partial charge in [0.1, 0.15) is 0 Å². The van der Waals surface area contributed by atoms with Crippen molar-refractivity contribution < 1.29 is 4.79 Å². The lowest BCUT2D eigenvalue weighted by Crippen LogP contribution is -2.40. The highest BCUT2D eigenvalue weighted by atomic mass is 16.1. The standard InChI is InChI=1S/C16H34N2O/c1-15(2,3)12-13(16(4,5)6)14(19)18-11-9-7-8-10-17/h13H,7-12,17H2,1-6H3,(H,18,19). The van der Waals surface area contributed by atoms with Gasteiger partial charge in [-0.15, -0.1) is 0 Å². The number of carbonyl (C=O) groups is 1. The van der Waals surface area contributed by atoms with Gasteiger partial charge in [-0.25, -0.2) is 0 Å². The highest BCUT2D eigenvalue weighted by Gasteiger charge is 2.34. The third kappa shape index (κ3) is 9.04. The highest BCUT2D eigenvalue weighted by Crippen LogP contribution is 2.36. The van der Waals surface area contributed by atoms with Crippen LogP contribution in [0.5, 0.6) is 0 Å². The van der Waals surface area contributed by atoms with Crippen molar-refractivity contribution >= 4 is 5.91 Å². The predicted molar refractivity (Wildman–Crippen MR) is 82.9 cm³/mol. The van der Waals surface area contributed by atoms with E-state index in [4.69, 9.17) is 5.73 Å². The van der Waals surface area contributed by atoms with Gasteiger partial charge >= 0.3 is 0 Å². The molecule has 0 aliphatic heterocycles. The van der Waals surface area contributed by atoms with Crippen LogP contribution in [-0.4, -0.2) is 19.0 Å². The SMILES string of the molecule is CC(C)(C)CC(C(=O)NCCCCCN)C(C)(C)C. The predicted octanol–water partition coefficient (Wildman–Crippen LogP) is 3.33. The zero-order valence-corrected chi connectivity index (χ0v) is 13.8. The first-order valence-corrected chi connectivity index (χ1v) is 7.56.